The molecule has 0 aliphatic carbocycles. The highest BCUT2D eigenvalue weighted by molar-refractivity contribution is 7.92. The Morgan fingerprint density at radius 2 is 1.58 bits per heavy atom. The molecule has 0 saturated carbocycles. The van der Waals surface area contributed by atoms with Gasteiger partial charge in [-0.05, 0) is 37.1 Å². The molecule has 0 aromatic heterocycles. The lowest BCUT2D eigenvalue weighted by molar-refractivity contribution is -0.114. The Morgan fingerprint density at radius 1 is 1.04 bits per heavy atom. The van der Waals surface area contributed by atoms with Gasteiger partial charge in [-0.25, -0.2) is 8.42 Å². The van der Waals surface area contributed by atoms with Crippen LogP contribution < -0.4 is 9.62 Å². The lowest BCUT2D eigenvalue weighted by Gasteiger charge is -2.24. The number of para-hydroxylation sites is 1. The van der Waals surface area contributed by atoms with Crippen molar-refractivity contribution < 1.29 is 13.2 Å². The fourth-order valence-electron chi connectivity index (χ4n) is 2.41. The number of halogens is 3. The van der Waals surface area contributed by atoms with E-state index in [2.05, 4.69) is 5.32 Å². The summed E-state index contributed by atoms with van der Waals surface area (Å²) in [6.07, 6.45) is 0.984. The predicted octanol–water partition coefficient (Wildman–Crippen LogP) is 4.67. The van der Waals surface area contributed by atoms with Gasteiger partial charge in [0.1, 0.15) is 6.54 Å². The quantitative estimate of drug-likeness (QED) is 0.694. The summed E-state index contributed by atoms with van der Waals surface area (Å²) in [6.45, 7) is 3.25. The van der Waals surface area contributed by atoms with Gasteiger partial charge in [-0.2, -0.15) is 0 Å². The molecule has 0 bridgehead atoms. The third-order valence-electron chi connectivity index (χ3n) is 3.69. The predicted molar refractivity (Wildman–Crippen MR) is 108 cm³/mol. The summed E-state index contributed by atoms with van der Waals surface area (Å²) in [7, 11) is -3.79. The highest BCUT2D eigenvalue weighted by Gasteiger charge is 2.24. The number of nitrogens with one attached hydrogen (secondary N) is 1. The van der Waals surface area contributed by atoms with E-state index in [1.807, 2.05) is 32.0 Å². The number of sulfonamides is 1. The third kappa shape index (κ3) is 4.82. The van der Waals surface area contributed by atoms with Crippen molar-refractivity contribution in [2.75, 3.05) is 22.4 Å². The van der Waals surface area contributed by atoms with Crippen LogP contribution >= 0.6 is 34.8 Å². The highest BCUT2D eigenvalue weighted by Crippen LogP contribution is 2.35. The number of carbonyl (C=O) groups excluding carboxylic acids is 1. The normalized spacial score (nSPS) is 11.3. The smallest absolute Gasteiger partial charge is 0.245 e. The van der Waals surface area contributed by atoms with Crippen molar-refractivity contribution >= 4 is 62.1 Å². The summed E-state index contributed by atoms with van der Waals surface area (Å²) in [4.78, 5) is 12.5. The number of nitrogens with zero attached hydrogens (tertiary/aromatic N) is 1. The fourth-order valence-corrected chi connectivity index (χ4v) is 3.96. The summed E-state index contributed by atoms with van der Waals surface area (Å²) in [5.74, 6) is -0.505. The number of amides is 1. The number of carbonyl (C=O) groups is 1. The number of aryl methyl sites for hydroxylation is 2. The van der Waals surface area contributed by atoms with Gasteiger partial charge in [0.05, 0.1) is 27.0 Å². The first kappa shape index (κ1) is 20.8. The number of hydrogen-bond acceptors (Lipinski definition) is 3. The Hall–Kier alpha value is -1.47. The summed E-state index contributed by atoms with van der Waals surface area (Å²) in [6, 6.07) is 8.24. The van der Waals surface area contributed by atoms with Gasteiger partial charge in [-0.1, -0.05) is 53.0 Å². The first-order chi connectivity index (χ1) is 12.0. The zero-order valence-corrected chi connectivity index (χ0v) is 17.4. The lowest BCUT2D eigenvalue weighted by Crippen LogP contribution is -2.37. The van der Waals surface area contributed by atoms with E-state index in [9.17, 15) is 13.2 Å². The SMILES string of the molecule is Cc1cccc(C)c1NC(=O)CN(c1cc(Cl)c(Cl)cc1Cl)S(C)(=O)=O. The van der Waals surface area contributed by atoms with Gasteiger partial charge in [0.15, 0.2) is 0 Å². The van der Waals surface area contributed by atoms with E-state index < -0.39 is 22.5 Å². The number of anilines is 2. The lowest BCUT2D eigenvalue weighted by atomic mass is 10.1. The van der Waals surface area contributed by atoms with Gasteiger partial charge in [0, 0.05) is 5.69 Å². The van der Waals surface area contributed by atoms with Gasteiger partial charge in [-0.3, -0.25) is 9.10 Å². The van der Waals surface area contributed by atoms with Gasteiger partial charge in [0.25, 0.3) is 0 Å². The molecule has 2 aromatic carbocycles. The molecular weight excluding hydrogens is 419 g/mol. The van der Waals surface area contributed by atoms with E-state index in [4.69, 9.17) is 34.8 Å². The minimum Gasteiger partial charge on any atom is -0.324 e. The van der Waals surface area contributed by atoms with E-state index in [1.54, 1.807) is 0 Å². The molecule has 0 aliphatic heterocycles. The zero-order valence-electron chi connectivity index (χ0n) is 14.3. The van der Waals surface area contributed by atoms with Crippen molar-refractivity contribution in [3.63, 3.8) is 0 Å². The van der Waals surface area contributed by atoms with Crippen LogP contribution in [-0.4, -0.2) is 27.1 Å². The summed E-state index contributed by atoms with van der Waals surface area (Å²) < 4.78 is 25.3. The topological polar surface area (TPSA) is 66.5 Å². The van der Waals surface area contributed by atoms with Crippen molar-refractivity contribution in [2.24, 2.45) is 0 Å². The molecule has 0 unspecified atom stereocenters. The molecule has 1 N–H and O–H groups in total. The second-order valence-corrected chi connectivity index (χ2v) is 8.93. The fraction of sp³-hybridized carbons (Fsp3) is 0.235. The van der Waals surface area contributed by atoms with Crippen LogP contribution in [0.5, 0.6) is 0 Å². The monoisotopic (exact) mass is 434 g/mol. The van der Waals surface area contributed by atoms with Gasteiger partial charge in [0.2, 0.25) is 15.9 Å². The summed E-state index contributed by atoms with van der Waals surface area (Å²) in [5.41, 5.74) is 2.47. The number of rotatable bonds is 5. The van der Waals surface area contributed by atoms with Gasteiger partial charge >= 0.3 is 0 Å². The molecule has 0 atom stereocenters. The van der Waals surface area contributed by atoms with E-state index in [-0.39, 0.29) is 20.8 Å². The van der Waals surface area contributed by atoms with Crippen LogP contribution in [0.4, 0.5) is 11.4 Å². The van der Waals surface area contributed by atoms with Crippen molar-refractivity contribution in [1.29, 1.82) is 0 Å². The summed E-state index contributed by atoms with van der Waals surface area (Å²) in [5, 5.41) is 3.15. The molecule has 0 saturated heterocycles. The molecule has 140 valence electrons. The molecule has 0 spiro atoms. The Balaban J connectivity index is 2.36. The molecule has 1 amide bonds. The van der Waals surface area contributed by atoms with Gasteiger partial charge in [-0.15, -0.1) is 0 Å². The molecule has 9 heteroatoms. The molecule has 0 aliphatic rings. The van der Waals surface area contributed by atoms with Crippen LogP contribution in [-0.2, 0) is 14.8 Å². The van der Waals surface area contributed by atoms with Crippen molar-refractivity contribution in [3.8, 4) is 0 Å². The Bertz CT molecular complexity index is 942. The third-order valence-corrected chi connectivity index (χ3v) is 5.84. The molecule has 2 rings (SSSR count). The Morgan fingerprint density at radius 3 is 2.12 bits per heavy atom. The van der Waals surface area contributed by atoms with Crippen molar-refractivity contribution in [3.05, 3.63) is 56.5 Å². The maximum Gasteiger partial charge on any atom is 0.245 e. The highest BCUT2D eigenvalue weighted by atomic mass is 35.5. The zero-order chi connectivity index (χ0) is 19.6. The van der Waals surface area contributed by atoms with Crippen LogP contribution in [0.3, 0.4) is 0 Å². The van der Waals surface area contributed by atoms with E-state index in [1.165, 1.54) is 12.1 Å². The maximum atomic E-state index is 12.5. The van der Waals surface area contributed by atoms with Crippen LogP contribution in [0, 0.1) is 13.8 Å². The van der Waals surface area contributed by atoms with Gasteiger partial charge < -0.3 is 5.32 Å². The van der Waals surface area contributed by atoms with E-state index >= 15 is 0 Å². The molecule has 26 heavy (non-hydrogen) atoms. The molecule has 0 heterocycles. The molecule has 0 radical (unpaired) electrons. The first-order valence-corrected chi connectivity index (χ1v) is 10.5. The second kappa shape index (κ2) is 8.05. The standard InChI is InChI=1S/C17H17Cl3N2O3S/c1-10-5-4-6-11(2)17(10)21-16(23)9-22(26(3,24)25)15-8-13(19)12(18)7-14(15)20/h4-8H,9H2,1-3H3,(H,21,23). The maximum absolute atomic E-state index is 12.5. The van der Waals surface area contributed by atoms with Crippen LogP contribution in [0.15, 0.2) is 30.3 Å². The Kier molecular flexibility index (Phi) is 6.45. The number of benzene rings is 2. The van der Waals surface area contributed by atoms with Crippen LogP contribution in [0.2, 0.25) is 15.1 Å². The molecule has 5 nitrogen and oxygen atoms in total. The second-order valence-electron chi connectivity index (χ2n) is 5.80. The minimum atomic E-state index is -3.79. The number of hydrogen-bond donors (Lipinski definition) is 1. The molecule has 0 fully saturated rings. The Labute approximate surface area is 167 Å². The van der Waals surface area contributed by atoms with E-state index in [0.717, 1.165) is 21.7 Å². The van der Waals surface area contributed by atoms with Crippen LogP contribution in [0.25, 0.3) is 0 Å². The van der Waals surface area contributed by atoms with Crippen LogP contribution in [0.1, 0.15) is 11.1 Å². The average molecular weight is 436 g/mol. The minimum absolute atomic E-state index is 0.0738. The van der Waals surface area contributed by atoms with E-state index in [0.29, 0.717) is 5.69 Å². The largest absolute Gasteiger partial charge is 0.324 e. The molecule has 2 aromatic rings. The first-order valence-electron chi connectivity index (χ1n) is 7.49. The summed E-state index contributed by atoms with van der Waals surface area (Å²) >= 11 is 18.0. The van der Waals surface area contributed by atoms with Crippen molar-refractivity contribution in [1.82, 2.24) is 0 Å². The molecular formula is C17H17Cl3N2O3S. The average Bonchev–Trinajstić information content (AvgIpc) is 2.51. The van der Waals surface area contributed by atoms with Crippen molar-refractivity contribution in [2.45, 2.75) is 13.8 Å².